The average Bonchev–Trinajstić information content (AvgIpc) is 2.85. The summed E-state index contributed by atoms with van der Waals surface area (Å²) in [6.45, 7) is 3.81. The number of nitrogen functional groups attached to an aromatic ring is 1. The van der Waals surface area contributed by atoms with Gasteiger partial charge in [-0.15, -0.1) is 0 Å². The van der Waals surface area contributed by atoms with Crippen LogP contribution in [0.4, 0.5) is 11.6 Å². The first-order chi connectivity index (χ1) is 8.83. The van der Waals surface area contributed by atoms with E-state index in [1.54, 1.807) is 17.8 Å². The van der Waals surface area contributed by atoms with Crippen molar-refractivity contribution in [3.8, 4) is 0 Å². The van der Waals surface area contributed by atoms with Gasteiger partial charge >= 0.3 is 0 Å². The first kappa shape index (κ1) is 13.4. The number of rotatable bonds is 4. The second-order valence-corrected chi connectivity index (χ2v) is 6.00. The first-order valence-corrected chi connectivity index (χ1v) is 7.14. The number of nitrogens with two attached hydrogens (primary N) is 1. The normalized spacial score (nSPS) is 12.0. The van der Waals surface area contributed by atoms with Gasteiger partial charge in [0, 0.05) is 19.2 Å². The van der Waals surface area contributed by atoms with Crippen molar-refractivity contribution in [3.63, 3.8) is 0 Å². The molecule has 0 aromatic carbocycles. The molecule has 19 heavy (non-hydrogen) atoms. The number of imidazole rings is 1. The Morgan fingerprint density at radius 3 is 2.63 bits per heavy atom. The summed E-state index contributed by atoms with van der Waals surface area (Å²) in [5.41, 5.74) is 5.58. The molecule has 0 aliphatic heterocycles. The number of nitrogens with one attached hydrogen (secondary N) is 1. The fourth-order valence-corrected chi connectivity index (χ4v) is 3.04. The van der Waals surface area contributed by atoms with Crippen molar-refractivity contribution in [1.82, 2.24) is 19.3 Å². The second kappa shape index (κ2) is 4.57. The van der Waals surface area contributed by atoms with Crippen LogP contribution in [0.3, 0.4) is 0 Å². The highest BCUT2D eigenvalue weighted by Gasteiger charge is 2.24. The third-order valence-corrected chi connectivity index (χ3v) is 4.05. The summed E-state index contributed by atoms with van der Waals surface area (Å²) in [7, 11) is -2.23. The molecule has 2 aromatic heterocycles. The Kier molecular flexibility index (Phi) is 3.23. The number of anilines is 2. The van der Waals surface area contributed by atoms with Gasteiger partial charge in [-0.1, -0.05) is 0 Å². The Morgan fingerprint density at radius 2 is 2.11 bits per heavy atom. The van der Waals surface area contributed by atoms with Crippen molar-refractivity contribution in [2.45, 2.75) is 24.9 Å². The van der Waals surface area contributed by atoms with Gasteiger partial charge in [0.1, 0.15) is 5.82 Å². The number of aryl methyl sites for hydroxylation is 1. The highest BCUT2D eigenvalue weighted by Crippen LogP contribution is 2.21. The number of nitrogens with zero attached hydrogens (tertiary/aromatic N) is 4. The van der Waals surface area contributed by atoms with E-state index < -0.39 is 10.0 Å². The number of sulfonamides is 1. The molecule has 0 fully saturated rings. The number of hydrogen-bond acceptors (Lipinski definition) is 5. The van der Waals surface area contributed by atoms with Gasteiger partial charge in [0.15, 0.2) is 10.8 Å². The Morgan fingerprint density at radius 1 is 1.42 bits per heavy atom. The summed E-state index contributed by atoms with van der Waals surface area (Å²) < 4.78 is 30.0. The van der Waals surface area contributed by atoms with Crippen LogP contribution in [0.1, 0.15) is 19.9 Å². The standard InChI is InChI=1S/C10H16N6O2S/c1-7(2)16-8(4-5-13-16)14-19(17,18)10-9(11)12-6-15(10)3/h4-7,14H,11H2,1-3H3. The van der Waals surface area contributed by atoms with Crippen LogP contribution in [0.2, 0.25) is 0 Å². The molecule has 2 rings (SSSR count). The zero-order valence-corrected chi connectivity index (χ0v) is 11.7. The molecule has 9 heteroatoms. The molecular weight excluding hydrogens is 268 g/mol. The molecule has 8 nitrogen and oxygen atoms in total. The molecule has 3 N–H and O–H groups in total. The van der Waals surface area contributed by atoms with E-state index in [1.165, 1.54) is 17.1 Å². The van der Waals surface area contributed by atoms with Crippen LogP contribution in [-0.4, -0.2) is 27.7 Å². The molecule has 0 saturated heterocycles. The molecule has 2 heterocycles. The van der Waals surface area contributed by atoms with Gasteiger partial charge in [-0.2, -0.15) is 13.5 Å². The van der Waals surface area contributed by atoms with Gasteiger partial charge < -0.3 is 10.3 Å². The van der Waals surface area contributed by atoms with Crippen molar-refractivity contribution in [2.75, 3.05) is 10.5 Å². The molecule has 104 valence electrons. The first-order valence-electron chi connectivity index (χ1n) is 5.66. The van der Waals surface area contributed by atoms with Gasteiger partial charge in [-0.3, -0.25) is 4.72 Å². The maximum absolute atomic E-state index is 12.3. The van der Waals surface area contributed by atoms with E-state index in [2.05, 4.69) is 14.8 Å². The molecule has 0 bridgehead atoms. The SMILES string of the molecule is CC(C)n1nccc1NS(=O)(=O)c1c(N)ncn1C. The maximum atomic E-state index is 12.3. The summed E-state index contributed by atoms with van der Waals surface area (Å²) in [4.78, 5) is 3.77. The quantitative estimate of drug-likeness (QED) is 0.853. The zero-order chi connectivity index (χ0) is 14.2. The lowest BCUT2D eigenvalue weighted by molar-refractivity contribution is 0.538. The van der Waals surface area contributed by atoms with Crippen molar-refractivity contribution in [1.29, 1.82) is 0 Å². The fourth-order valence-electron chi connectivity index (χ4n) is 1.76. The lowest BCUT2D eigenvalue weighted by Crippen LogP contribution is -2.20. The molecule has 0 amide bonds. The van der Waals surface area contributed by atoms with Crippen LogP contribution in [0.25, 0.3) is 0 Å². The Hall–Kier alpha value is -2.03. The summed E-state index contributed by atoms with van der Waals surface area (Å²) in [5, 5.41) is 4.00. The number of hydrogen-bond donors (Lipinski definition) is 2. The summed E-state index contributed by atoms with van der Waals surface area (Å²) in [6, 6.07) is 1.63. The molecule has 0 aliphatic rings. The fraction of sp³-hybridized carbons (Fsp3) is 0.400. The molecule has 0 saturated carbocycles. The van der Waals surface area contributed by atoms with Gasteiger partial charge in [-0.05, 0) is 13.8 Å². The second-order valence-electron chi connectivity index (χ2n) is 4.41. The predicted octanol–water partition coefficient (Wildman–Crippen LogP) is 0.580. The minimum atomic E-state index is -3.79. The van der Waals surface area contributed by atoms with Gasteiger partial charge in [0.25, 0.3) is 10.0 Å². The van der Waals surface area contributed by atoms with Crippen LogP contribution >= 0.6 is 0 Å². The highest BCUT2D eigenvalue weighted by molar-refractivity contribution is 7.92. The van der Waals surface area contributed by atoms with Crippen molar-refractivity contribution >= 4 is 21.7 Å². The summed E-state index contributed by atoms with van der Waals surface area (Å²) >= 11 is 0. The lowest BCUT2D eigenvalue weighted by atomic mass is 10.4. The van der Waals surface area contributed by atoms with Crippen LogP contribution < -0.4 is 10.5 Å². The smallest absolute Gasteiger partial charge is 0.282 e. The Bertz CT molecular complexity index is 665. The lowest BCUT2D eigenvalue weighted by Gasteiger charge is -2.13. The van der Waals surface area contributed by atoms with E-state index in [1.807, 2.05) is 13.8 Å². The summed E-state index contributed by atoms with van der Waals surface area (Å²) in [5.74, 6) is 0.348. The minimum Gasteiger partial charge on any atom is -0.381 e. The topological polar surface area (TPSA) is 108 Å². The van der Waals surface area contributed by atoms with Crippen molar-refractivity contribution in [3.05, 3.63) is 18.6 Å². The van der Waals surface area contributed by atoms with E-state index in [-0.39, 0.29) is 16.9 Å². The van der Waals surface area contributed by atoms with E-state index in [9.17, 15) is 8.42 Å². The largest absolute Gasteiger partial charge is 0.381 e. The average molecular weight is 284 g/mol. The molecule has 0 spiro atoms. The van der Waals surface area contributed by atoms with Crippen LogP contribution in [0.5, 0.6) is 0 Å². The molecule has 0 unspecified atom stereocenters. The van der Waals surface area contributed by atoms with E-state index in [0.717, 1.165) is 0 Å². The maximum Gasteiger partial charge on any atom is 0.282 e. The van der Waals surface area contributed by atoms with Gasteiger partial charge in [0.05, 0.1) is 12.5 Å². The van der Waals surface area contributed by atoms with E-state index in [4.69, 9.17) is 5.73 Å². The van der Waals surface area contributed by atoms with Crippen LogP contribution in [-0.2, 0) is 17.1 Å². The minimum absolute atomic E-state index is 0.0365. The van der Waals surface area contributed by atoms with Crippen LogP contribution in [0, 0.1) is 0 Å². The van der Waals surface area contributed by atoms with Crippen LogP contribution in [0.15, 0.2) is 23.6 Å². The monoisotopic (exact) mass is 284 g/mol. The molecular formula is C10H16N6O2S. The van der Waals surface area contributed by atoms with Gasteiger partial charge in [-0.25, -0.2) is 9.67 Å². The van der Waals surface area contributed by atoms with Gasteiger partial charge in [0.2, 0.25) is 0 Å². The molecule has 0 atom stereocenters. The zero-order valence-electron chi connectivity index (χ0n) is 10.9. The predicted molar refractivity (Wildman–Crippen MR) is 71.0 cm³/mol. The van der Waals surface area contributed by atoms with Crippen molar-refractivity contribution in [2.24, 2.45) is 7.05 Å². The third-order valence-electron chi connectivity index (χ3n) is 2.56. The third kappa shape index (κ3) is 2.41. The molecule has 2 aromatic rings. The van der Waals surface area contributed by atoms with E-state index in [0.29, 0.717) is 5.82 Å². The number of aromatic nitrogens is 4. The highest BCUT2D eigenvalue weighted by atomic mass is 32.2. The molecule has 0 aliphatic carbocycles. The van der Waals surface area contributed by atoms with Crippen molar-refractivity contribution < 1.29 is 8.42 Å². The summed E-state index contributed by atoms with van der Waals surface area (Å²) in [6.07, 6.45) is 2.88. The molecule has 0 radical (unpaired) electrons. The van der Waals surface area contributed by atoms with E-state index >= 15 is 0 Å². The Labute approximate surface area is 111 Å². The Balaban J connectivity index is 2.40.